The molecule has 0 saturated heterocycles. The number of sulfonamides is 1. The van der Waals surface area contributed by atoms with Crippen molar-refractivity contribution in [3.8, 4) is 0 Å². The summed E-state index contributed by atoms with van der Waals surface area (Å²) in [5.74, 6) is -2.78. The van der Waals surface area contributed by atoms with E-state index < -0.39 is 32.3 Å². The second-order valence-electron chi connectivity index (χ2n) is 4.35. The molecule has 0 aliphatic rings. The van der Waals surface area contributed by atoms with Gasteiger partial charge in [-0.05, 0) is 25.5 Å². The van der Waals surface area contributed by atoms with E-state index in [2.05, 4.69) is 15.9 Å². The van der Waals surface area contributed by atoms with Gasteiger partial charge in [-0.15, -0.1) is 0 Å². The third-order valence-electron chi connectivity index (χ3n) is 3.10. The van der Waals surface area contributed by atoms with E-state index in [-0.39, 0.29) is 10.5 Å². The van der Waals surface area contributed by atoms with Crippen LogP contribution in [0.3, 0.4) is 0 Å². The van der Waals surface area contributed by atoms with Crippen LogP contribution in [-0.4, -0.2) is 36.9 Å². The fraction of sp³-hybridized carbons (Fsp3) is 0.417. The number of carboxylic acids is 1. The fourth-order valence-electron chi connectivity index (χ4n) is 1.56. The lowest BCUT2D eigenvalue weighted by Gasteiger charge is -2.23. The normalized spacial score (nSPS) is 13.5. The number of hydrogen-bond donors (Lipinski definition) is 1. The molecular weight excluding hydrogens is 353 g/mol. The molecule has 0 amide bonds. The number of aromatic carboxylic acids is 1. The monoisotopic (exact) mass is 367 g/mol. The SMILES string of the molecule is CCC(C)N(C)S(=O)(=O)c1cc(Br)cc(C(=O)O)c1F. The van der Waals surface area contributed by atoms with Crippen LogP contribution in [0, 0.1) is 5.82 Å². The minimum absolute atomic E-state index is 0.187. The Morgan fingerprint density at radius 2 is 2.05 bits per heavy atom. The van der Waals surface area contributed by atoms with Gasteiger partial charge in [-0.3, -0.25) is 0 Å². The first kappa shape index (κ1) is 17.1. The fourth-order valence-corrected chi connectivity index (χ4v) is 3.71. The lowest BCUT2D eigenvalue weighted by molar-refractivity contribution is 0.0691. The Morgan fingerprint density at radius 1 is 1.50 bits per heavy atom. The third kappa shape index (κ3) is 3.18. The highest BCUT2D eigenvalue weighted by atomic mass is 79.9. The summed E-state index contributed by atoms with van der Waals surface area (Å²) < 4.78 is 40.0. The van der Waals surface area contributed by atoms with E-state index in [9.17, 15) is 17.6 Å². The summed E-state index contributed by atoms with van der Waals surface area (Å²) >= 11 is 3.00. The van der Waals surface area contributed by atoms with Crippen molar-refractivity contribution < 1.29 is 22.7 Å². The molecule has 0 aromatic heterocycles. The summed E-state index contributed by atoms with van der Waals surface area (Å²) in [6, 6.07) is 1.77. The number of carbonyl (C=O) groups is 1. The Morgan fingerprint density at radius 3 is 2.50 bits per heavy atom. The molecule has 0 aliphatic heterocycles. The van der Waals surface area contributed by atoms with Gasteiger partial charge >= 0.3 is 5.97 Å². The Hall–Kier alpha value is -0.990. The van der Waals surface area contributed by atoms with Gasteiger partial charge < -0.3 is 5.11 Å². The molecule has 20 heavy (non-hydrogen) atoms. The van der Waals surface area contributed by atoms with Crippen molar-refractivity contribution in [1.82, 2.24) is 4.31 Å². The molecule has 0 spiro atoms. The summed E-state index contributed by atoms with van der Waals surface area (Å²) in [5.41, 5.74) is -0.685. The molecule has 1 atom stereocenters. The van der Waals surface area contributed by atoms with Gasteiger partial charge in [0.2, 0.25) is 10.0 Å². The minimum atomic E-state index is -4.09. The van der Waals surface area contributed by atoms with Gasteiger partial charge in [0.1, 0.15) is 4.90 Å². The Bertz CT molecular complexity index is 633. The zero-order valence-electron chi connectivity index (χ0n) is 11.2. The predicted octanol–water partition coefficient (Wildman–Crippen LogP) is 2.71. The average Bonchev–Trinajstić information content (AvgIpc) is 2.38. The van der Waals surface area contributed by atoms with E-state index >= 15 is 0 Å². The molecule has 0 bridgehead atoms. The quantitative estimate of drug-likeness (QED) is 0.867. The van der Waals surface area contributed by atoms with Crippen LogP contribution in [0.4, 0.5) is 4.39 Å². The second-order valence-corrected chi connectivity index (χ2v) is 7.23. The molecule has 0 saturated carbocycles. The predicted molar refractivity (Wildman–Crippen MR) is 75.8 cm³/mol. The highest BCUT2D eigenvalue weighted by Crippen LogP contribution is 2.27. The van der Waals surface area contributed by atoms with Crippen molar-refractivity contribution in [3.63, 3.8) is 0 Å². The van der Waals surface area contributed by atoms with E-state index in [1.807, 2.05) is 0 Å². The van der Waals surface area contributed by atoms with Crippen molar-refractivity contribution in [2.45, 2.75) is 31.2 Å². The Balaban J connectivity index is 3.50. The van der Waals surface area contributed by atoms with Gasteiger partial charge in [0.15, 0.2) is 5.82 Å². The van der Waals surface area contributed by atoms with E-state index in [1.165, 1.54) is 7.05 Å². The van der Waals surface area contributed by atoms with Gasteiger partial charge in [0, 0.05) is 17.6 Å². The molecule has 1 unspecified atom stereocenters. The molecule has 1 aromatic carbocycles. The van der Waals surface area contributed by atoms with Crippen molar-refractivity contribution in [2.75, 3.05) is 7.05 Å². The lowest BCUT2D eigenvalue weighted by atomic mass is 10.2. The highest BCUT2D eigenvalue weighted by Gasteiger charge is 2.30. The van der Waals surface area contributed by atoms with Crippen molar-refractivity contribution in [3.05, 3.63) is 28.0 Å². The number of carboxylic acid groups (broad SMARTS) is 1. The third-order valence-corrected chi connectivity index (χ3v) is 5.53. The van der Waals surface area contributed by atoms with E-state index in [1.54, 1.807) is 13.8 Å². The van der Waals surface area contributed by atoms with Crippen molar-refractivity contribution >= 4 is 31.9 Å². The van der Waals surface area contributed by atoms with E-state index in [0.717, 1.165) is 16.4 Å². The zero-order valence-corrected chi connectivity index (χ0v) is 13.6. The Labute approximate surface area is 125 Å². The average molecular weight is 368 g/mol. The van der Waals surface area contributed by atoms with Crippen LogP contribution in [0.15, 0.2) is 21.5 Å². The highest BCUT2D eigenvalue weighted by molar-refractivity contribution is 9.10. The maximum atomic E-state index is 14.1. The van der Waals surface area contributed by atoms with Gasteiger partial charge in [0.05, 0.1) is 5.56 Å². The first-order chi connectivity index (χ1) is 9.12. The van der Waals surface area contributed by atoms with Crippen LogP contribution in [0.1, 0.15) is 30.6 Å². The maximum Gasteiger partial charge on any atom is 0.338 e. The summed E-state index contributed by atoms with van der Waals surface area (Å²) in [6.07, 6.45) is 0.553. The largest absolute Gasteiger partial charge is 0.478 e. The molecule has 1 rings (SSSR count). The standard InChI is InChI=1S/C12H15BrFNO4S/c1-4-7(2)15(3)20(18,19)10-6-8(13)5-9(11(10)14)12(16)17/h5-7H,4H2,1-3H3,(H,16,17). The molecule has 1 aromatic rings. The minimum Gasteiger partial charge on any atom is -0.478 e. The summed E-state index contributed by atoms with van der Waals surface area (Å²) in [7, 11) is -2.76. The van der Waals surface area contributed by atoms with Crippen LogP contribution >= 0.6 is 15.9 Å². The number of rotatable bonds is 5. The van der Waals surface area contributed by atoms with Gasteiger partial charge in [-0.1, -0.05) is 22.9 Å². The zero-order chi connectivity index (χ0) is 15.7. The van der Waals surface area contributed by atoms with Crippen LogP contribution < -0.4 is 0 Å². The van der Waals surface area contributed by atoms with Crippen LogP contribution in [-0.2, 0) is 10.0 Å². The Kier molecular flexibility index (Phi) is 5.28. The molecular formula is C12H15BrFNO4S. The number of halogens is 2. The van der Waals surface area contributed by atoms with Crippen LogP contribution in [0.2, 0.25) is 0 Å². The van der Waals surface area contributed by atoms with E-state index in [0.29, 0.717) is 6.42 Å². The number of benzene rings is 1. The lowest BCUT2D eigenvalue weighted by Crippen LogP contribution is -2.35. The van der Waals surface area contributed by atoms with Crippen LogP contribution in [0.5, 0.6) is 0 Å². The molecule has 8 heteroatoms. The van der Waals surface area contributed by atoms with Crippen molar-refractivity contribution in [2.24, 2.45) is 0 Å². The smallest absolute Gasteiger partial charge is 0.338 e. The summed E-state index contributed by atoms with van der Waals surface area (Å²) in [4.78, 5) is 10.3. The summed E-state index contributed by atoms with van der Waals surface area (Å²) in [6.45, 7) is 3.49. The molecule has 5 nitrogen and oxygen atoms in total. The number of nitrogens with zero attached hydrogens (tertiary/aromatic N) is 1. The molecule has 0 heterocycles. The van der Waals surface area contributed by atoms with Gasteiger partial charge in [0.25, 0.3) is 0 Å². The second kappa shape index (κ2) is 6.19. The van der Waals surface area contributed by atoms with Crippen LogP contribution in [0.25, 0.3) is 0 Å². The van der Waals surface area contributed by atoms with Gasteiger partial charge in [-0.2, -0.15) is 4.31 Å². The van der Waals surface area contributed by atoms with E-state index in [4.69, 9.17) is 5.11 Å². The molecule has 0 radical (unpaired) electrons. The molecule has 0 aliphatic carbocycles. The molecule has 0 fully saturated rings. The number of hydrogen-bond acceptors (Lipinski definition) is 3. The van der Waals surface area contributed by atoms with Gasteiger partial charge in [-0.25, -0.2) is 17.6 Å². The molecule has 112 valence electrons. The summed E-state index contributed by atoms with van der Waals surface area (Å²) in [5, 5.41) is 8.90. The first-order valence-electron chi connectivity index (χ1n) is 5.83. The first-order valence-corrected chi connectivity index (χ1v) is 8.06. The maximum absolute atomic E-state index is 14.1. The molecule has 1 N–H and O–H groups in total. The van der Waals surface area contributed by atoms with Crippen molar-refractivity contribution in [1.29, 1.82) is 0 Å². The topological polar surface area (TPSA) is 74.7 Å².